The van der Waals surface area contributed by atoms with Gasteiger partial charge in [0.25, 0.3) is 10.0 Å². The number of nitrogens with one attached hydrogen (secondary N) is 1. The van der Waals surface area contributed by atoms with Crippen LogP contribution in [0.3, 0.4) is 0 Å². The van der Waals surface area contributed by atoms with Gasteiger partial charge in [-0.05, 0) is 48.5 Å². The number of morpholine rings is 1. The van der Waals surface area contributed by atoms with E-state index in [0.717, 1.165) is 18.2 Å². The van der Waals surface area contributed by atoms with Gasteiger partial charge in [0.1, 0.15) is 17.2 Å². The van der Waals surface area contributed by atoms with Crippen LogP contribution in [0.2, 0.25) is 0 Å². The first-order valence-electron chi connectivity index (χ1n) is 12.1. The summed E-state index contributed by atoms with van der Waals surface area (Å²) in [6.07, 6.45) is -4.76. The van der Waals surface area contributed by atoms with Gasteiger partial charge in [-0.25, -0.2) is 16.8 Å². The van der Waals surface area contributed by atoms with E-state index in [0.29, 0.717) is 10.4 Å². The Bertz CT molecular complexity index is 1610. The maximum atomic E-state index is 13.5. The molecule has 0 aliphatic carbocycles. The molecule has 0 bridgehead atoms. The largest absolute Gasteiger partial charge is 0.495 e. The Morgan fingerprint density at radius 1 is 0.976 bits per heavy atom. The molecule has 0 aromatic heterocycles. The van der Waals surface area contributed by atoms with Crippen molar-refractivity contribution in [3.8, 4) is 5.75 Å². The lowest BCUT2D eigenvalue weighted by atomic mass is 10.2. The lowest BCUT2D eigenvalue weighted by molar-refractivity contribution is -0.137. The van der Waals surface area contributed by atoms with Crippen molar-refractivity contribution >= 4 is 37.3 Å². The van der Waals surface area contributed by atoms with Crippen molar-refractivity contribution in [3.05, 3.63) is 78.4 Å². The predicted molar refractivity (Wildman–Crippen MR) is 144 cm³/mol. The van der Waals surface area contributed by atoms with Crippen LogP contribution < -0.4 is 14.4 Å². The third-order valence-corrected chi connectivity index (χ3v) is 9.82. The van der Waals surface area contributed by atoms with Gasteiger partial charge in [-0.3, -0.25) is 9.10 Å². The van der Waals surface area contributed by atoms with Crippen molar-refractivity contribution in [2.24, 2.45) is 0 Å². The standard InChI is InChI=1S/C26H26F3N3O7S2/c1-38-23-11-10-20(17-24(23)41(36,37)31-12-14-39-15-13-31)30-25(33)18-32(40(34,35)22-8-3-2-4-9-22)21-7-5-6-19(16-21)26(27,28)29/h2-11,16-17H,12-15,18H2,1H3,(H,30,33). The number of anilines is 2. The maximum Gasteiger partial charge on any atom is 0.416 e. The minimum Gasteiger partial charge on any atom is -0.495 e. The second kappa shape index (κ2) is 12.1. The molecule has 10 nitrogen and oxygen atoms in total. The number of ether oxygens (including phenoxy) is 2. The highest BCUT2D eigenvalue weighted by Gasteiger charge is 2.34. The number of nitrogens with zero attached hydrogens (tertiary/aromatic N) is 2. The molecule has 1 N–H and O–H groups in total. The molecule has 1 aliphatic heterocycles. The monoisotopic (exact) mass is 613 g/mol. The van der Waals surface area contributed by atoms with E-state index in [2.05, 4.69) is 5.32 Å². The van der Waals surface area contributed by atoms with Crippen LogP contribution >= 0.6 is 0 Å². The normalized spacial score (nSPS) is 14.8. The topological polar surface area (TPSA) is 122 Å². The van der Waals surface area contributed by atoms with E-state index >= 15 is 0 Å². The average molecular weight is 614 g/mol. The number of carbonyl (C=O) groups is 1. The van der Waals surface area contributed by atoms with Crippen LogP contribution in [0.5, 0.6) is 5.75 Å². The molecule has 15 heteroatoms. The Morgan fingerprint density at radius 3 is 2.29 bits per heavy atom. The van der Waals surface area contributed by atoms with Crippen molar-refractivity contribution in [1.29, 1.82) is 0 Å². The minimum atomic E-state index is -4.76. The maximum absolute atomic E-state index is 13.5. The quantitative estimate of drug-likeness (QED) is 0.392. The van der Waals surface area contributed by atoms with E-state index in [4.69, 9.17) is 9.47 Å². The highest BCUT2D eigenvalue weighted by Crippen LogP contribution is 2.34. The fourth-order valence-corrected chi connectivity index (χ4v) is 7.11. The molecule has 1 saturated heterocycles. The third-order valence-electron chi connectivity index (χ3n) is 6.12. The molecule has 41 heavy (non-hydrogen) atoms. The Hall–Kier alpha value is -3.66. The van der Waals surface area contributed by atoms with Crippen molar-refractivity contribution in [1.82, 2.24) is 4.31 Å². The molecule has 1 heterocycles. The predicted octanol–water partition coefficient (Wildman–Crippen LogP) is 3.57. The summed E-state index contributed by atoms with van der Waals surface area (Å²) in [4.78, 5) is 12.7. The molecular formula is C26H26F3N3O7S2. The molecule has 3 aromatic carbocycles. The summed E-state index contributed by atoms with van der Waals surface area (Å²) < 4.78 is 106. The van der Waals surface area contributed by atoms with E-state index in [1.165, 1.54) is 53.9 Å². The highest BCUT2D eigenvalue weighted by atomic mass is 32.2. The number of sulfonamides is 2. The van der Waals surface area contributed by atoms with Gasteiger partial charge in [0.2, 0.25) is 15.9 Å². The SMILES string of the molecule is COc1ccc(NC(=O)CN(c2cccc(C(F)(F)F)c2)S(=O)(=O)c2ccccc2)cc1S(=O)(=O)N1CCOCC1. The van der Waals surface area contributed by atoms with Gasteiger partial charge in [-0.1, -0.05) is 24.3 Å². The summed E-state index contributed by atoms with van der Waals surface area (Å²) >= 11 is 0. The van der Waals surface area contributed by atoms with Crippen LogP contribution in [0.25, 0.3) is 0 Å². The Morgan fingerprint density at radius 2 is 1.66 bits per heavy atom. The summed E-state index contributed by atoms with van der Waals surface area (Å²) in [5.74, 6) is -0.909. The molecule has 4 rings (SSSR count). The smallest absolute Gasteiger partial charge is 0.416 e. The van der Waals surface area contributed by atoms with E-state index in [1.54, 1.807) is 6.07 Å². The van der Waals surface area contributed by atoms with Crippen LogP contribution in [0, 0.1) is 0 Å². The second-order valence-corrected chi connectivity index (χ2v) is 12.6. The highest BCUT2D eigenvalue weighted by molar-refractivity contribution is 7.92. The van der Waals surface area contributed by atoms with Crippen molar-refractivity contribution in [2.75, 3.05) is 49.6 Å². The first-order valence-corrected chi connectivity index (χ1v) is 15.0. The average Bonchev–Trinajstić information content (AvgIpc) is 2.96. The van der Waals surface area contributed by atoms with Crippen molar-refractivity contribution in [2.45, 2.75) is 16.0 Å². The van der Waals surface area contributed by atoms with E-state index in [9.17, 15) is 34.8 Å². The Labute approximate surface area is 235 Å². The zero-order valence-electron chi connectivity index (χ0n) is 21.7. The lowest BCUT2D eigenvalue weighted by Gasteiger charge is -2.27. The molecule has 3 aromatic rings. The summed E-state index contributed by atoms with van der Waals surface area (Å²) in [7, 11) is -7.25. The number of benzene rings is 3. The number of amides is 1. The van der Waals surface area contributed by atoms with Crippen molar-refractivity contribution < 1.29 is 44.3 Å². The van der Waals surface area contributed by atoms with Crippen LogP contribution in [0.1, 0.15) is 5.56 Å². The molecule has 0 unspecified atom stereocenters. The van der Waals surface area contributed by atoms with Gasteiger partial charge in [-0.15, -0.1) is 0 Å². The van der Waals surface area contributed by atoms with Gasteiger partial charge in [-0.2, -0.15) is 17.5 Å². The fraction of sp³-hybridized carbons (Fsp3) is 0.269. The first-order chi connectivity index (χ1) is 19.3. The van der Waals surface area contributed by atoms with Crippen molar-refractivity contribution in [3.63, 3.8) is 0 Å². The number of methoxy groups -OCH3 is 1. The molecule has 0 spiro atoms. The Balaban J connectivity index is 1.67. The van der Waals surface area contributed by atoms with Crippen LogP contribution in [-0.4, -0.2) is 67.0 Å². The molecule has 0 atom stereocenters. The van der Waals surface area contributed by atoms with E-state index < -0.39 is 44.2 Å². The van der Waals surface area contributed by atoms with Gasteiger partial charge in [0.15, 0.2) is 0 Å². The first kappa shape index (κ1) is 30.3. The van der Waals surface area contributed by atoms with Crippen LogP contribution in [-0.2, 0) is 35.8 Å². The molecule has 1 fully saturated rings. The molecular weight excluding hydrogens is 587 g/mol. The van der Waals surface area contributed by atoms with Crippen LogP contribution in [0.15, 0.2) is 82.6 Å². The number of hydrogen-bond acceptors (Lipinski definition) is 7. The number of rotatable bonds is 9. The minimum absolute atomic E-state index is 0.00346. The van der Waals surface area contributed by atoms with Gasteiger partial charge in [0.05, 0.1) is 36.5 Å². The molecule has 220 valence electrons. The number of halogens is 3. The molecule has 1 amide bonds. The zero-order chi connectivity index (χ0) is 29.8. The summed E-state index contributed by atoms with van der Waals surface area (Å²) in [6.45, 7) is -0.259. The fourth-order valence-electron chi connectivity index (χ4n) is 4.09. The third kappa shape index (κ3) is 6.81. The number of hydrogen-bond donors (Lipinski definition) is 1. The second-order valence-electron chi connectivity index (χ2n) is 8.80. The Kier molecular flexibility index (Phi) is 8.91. The van der Waals surface area contributed by atoms with Gasteiger partial charge >= 0.3 is 6.18 Å². The summed E-state index contributed by atoms with van der Waals surface area (Å²) in [5.41, 5.74) is -1.48. The van der Waals surface area contributed by atoms with Gasteiger partial charge < -0.3 is 14.8 Å². The number of carbonyl (C=O) groups excluding carboxylic acids is 1. The van der Waals surface area contributed by atoms with Gasteiger partial charge in [0, 0.05) is 18.8 Å². The molecule has 0 saturated carbocycles. The zero-order valence-corrected chi connectivity index (χ0v) is 23.3. The van der Waals surface area contributed by atoms with E-state index in [1.807, 2.05) is 0 Å². The summed E-state index contributed by atoms with van der Waals surface area (Å²) in [6, 6.07) is 14.4. The molecule has 0 radical (unpaired) electrons. The molecule has 1 aliphatic rings. The lowest BCUT2D eigenvalue weighted by Crippen LogP contribution is -2.40. The number of alkyl halides is 3. The summed E-state index contributed by atoms with van der Waals surface area (Å²) in [5, 5.41) is 2.45. The van der Waals surface area contributed by atoms with Crippen LogP contribution in [0.4, 0.5) is 24.5 Å². The van der Waals surface area contributed by atoms with E-state index in [-0.39, 0.29) is 53.2 Å².